The lowest BCUT2D eigenvalue weighted by molar-refractivity contribution is -0.274. The van der Waals surface area contributed by atoms with Crippen molar-refractivity contribution in [1.82, 2.24) is 24.6 Å². The Morgan fingerprint density at radius 2 is 1.82 bits per heavy atom. The summed E-state index contributed by atoms with van der Waals surface area (Å²) in [5.74, 6) is 0.970. The summed E-state index contributed by atoms with van der Waals surface area (Å²) in [4.78, 5) is 9.01. The fraction of sp³-hybridized carbons (Fsp3) is 0.667. The summed E-state index contributed by atoms with van der Waals surface area (Å²) >= 11 is 0. The number of hydrogen-bond donors (Lipinski definition) is 1. The first-order valence-electron chi connectivity index (χ1n) is 12.1. The molecule has 0 bridgehead atoms. The van der Waals surface area contributed by atoms with Crippen LogP contribution >= 0.6 is 0 Å². The number of pyridine rings is 1. The van der Waals surface area contributed by atoms with Crippen LogP contribution in [0.3, 0.4) is 0 Å². The lowest BCUT2D eigenvalue weighted by atomic mass is 10.0. The van der Waals surface area contributed by atoms with Gasteiger partial charge >= 0.3 is 6.36 Å². The van der Waals surface area contributed by atoms with Gasteiger partial charge in [0, 0.05) is 48.5 Å². The summed E-state index contributed by atoms with van der Waals surface area (Å²) in [5, 5.41) is 4.75. The minimum absolute atomic E-state index is 0.148. The van der Waals surface area contributed by atoms with Crippen molar-refractivity contribution in [1.29, 1.82) is 0 Å². The quantitative estimate of drug-likeness (QED) is 0.697. The van der Waals surface area contributed by atoms with Gasteiger partial charge in [0.25, 0.3) is 0 Å². The summed E-state index contributed by atoms with van der Waals surface area (Å²) in [6.07, 6.45) is 0.275. The molecule has 2 N–H and O–H groups in total. The number of nitrogens with two attached hydrogens (primary N) is 1. The normalized spacial score (nSPS) is 28.2. The number of nitrogens with zero attached hydrogens (tertiary/aromatic N) is 5. The second-order valence-electron chi connectivity index (χ2n) is 10.3. The summed E-state index contributed by atoms with van der Waals surface area (Å²) in [5.41, 5.74) is 7.83. The third-order valence-electron chi connectivity index (χ3n) is 7.69. The number of fused-ring (bicyclic) bond motifs is 1. The van der Waals surface area contributed by atoms with Gasteiger partial charge in [0.05, 0.1) is 5.69 Å². The van der Waals surface area contributed by atoms with Gasteiger partial charge in [0.15, 0.2) is 11.6 Å². The van der Waals surface area contributed by atoms with Gasteiger partial charge in [0.1, 0.15) is 0 Å². The Balaban J connectivity index is 1.33. The van der Waals surface area contributed by atoms with E-state index in [-0.39, 0.29) is 11.9 Å². The number of anilines is 1. The first kappa shape index (κ1) is 23.4. The zero-order valence-corrected chi connectivity index (χ0v) is 19.9. The molecule has 0 unspecified atom stereocenters. The molecule has 1 saturated heterocycles. The fourth-order valence-corrected chi connectivity index (χ4v) is 5.99. The molecule has 1 aliphatic heterocycles. The average Bonchev–Trinajstić information content (AvgIpc) is 3.09. The molecular weight excluding hydrogens is 445 g/mol. The highest BCUT2D eigenvalue weighted by atomic mass is 19.4. The van der Waals surface area contributed by atoms with E-state index in [4.69, 9.17) is 10.8 Å². The van der Waals surface area contributed by atoms with Gasteiger partial charge in [-0.25, -0.2) is 4.98 Å². The summed E-state index contributed by atoms with van der Waals surface area (Å²) in [7, 11) is 2.20. The van der Waals surface area contributed by atoms with Crippen molar-refractivity contribution >= 4 is 5.82 Å². The van der Waals surface area contributed by atoms with E-state index >= 15 is 0 Å². The average molecular weight is 479 g/mol. The van der Waals surface area contributed by atoms with Crippen molar-refractivity contribution in [2.24, 2.45) is 11.8 Å². The predicted molar refractivity (Wildman–Crippen MR) is 123 cm³/mol. The molecule has 10 heteroatoms. The van der Waals surface area contributed by atoms with Crippen molar-refractivity contribution in [2.45, 2.75) is 57.5 Å². The number of aromatic nitrogens is 3. The van der Waals surface area contributed by atoms with Crippen LogP contribution in [-0.4, -0.2) is 70.2 Å². The molecule has 34 heavy (non-hydrogen) atoms. The van der Waals surface area contributed by atoms with E-state index in [1.807, 2.05) is 10.7 Å². The molecule has 2 saturated carbocycles. The van der Waals surface area contributed by atoms with Crippen molar-refractivity contribution in [3.05, 3.63) is 24.0 Å². The van der Waals surface area contributed by atoms with E-state index in [0.29, 0.717) is 35.1 Å². The first-order chi connectivity index (χ1) is 16.1. The lowest BCUT2D eigenvalue weighted by Crippen LogP contribution is -2.37. The Morgan fingerprint density at radius 3 is 2.50 bits per heavy atom. The molecule has 186 valence electrons. The standard InChI is InChI=1S/C24H33F3N6O/c1-14(2)33-20(12-19(30-33)15-9-21(23(28)29-13-15)34-24(25,26)27)22-17-10-16(11-18(17)22)32-6-4-5-31(3)7-8-32/h9,12-14,16-18,22H,4-8,10-11H2,1-3H3,(H2,28,29)/t16-,17-,18+,22+. The number of halogens is 3. The molecule has 3 aliphatic rings. The Labute approximate surface area is 198 Å². The molecule has 0 radical (unpaired) electrons. The van der Waals surface area contributed by atoms with Crippen LogP contribution in [0.5, 0.6) is 5.75 Å². The first-order valence-corrected chi connectivity index (χ1v) is 12.1. The number of ether oxygens (including phenoxy) is 1. The minimum atomic E-state index is -4.83. The Kier molecular flexibility index (Phi) is 6.00. The molecule has 2 aromatic heterocycles. The number of rotatable bonds is 5. The maximum atomic E-state index is 12.8. The van der Waals surface area contributed by atoms with Crippen LogP contribution in [0.4, 0.5) is 19.0 Å². The van der Waals surface area contributed by atoms with Crippen molar-refractivity contribution < 1.29 is 17.9 Å². The zero-order chi connectivity index (χ0) is 24.2. The van der Waals surface area contributed by atoms with Crippen LogP contribution in [0, 0.1) is 11.8 Å². The van der Waals surface area contributed by atoms with E-state index < -0.39 is 12.1 Å². The largest absolute Gasteiger partial charge is 0.573 e. The summed E-state index contributed by atoms with van der Waals surface area (Å²) in [6.45, 7) is 8.79. The van der Waals surface area contributed by atoms with E-state index in [1.54, 1.807) is 0 Å². The predicted octanol–water partition coefficient (Wildman–Crippen LogP) is 4.14. The molecule has 4 atom stereocenters. The van der Waals surface area contributed by atoms with Crippen molar-refractivity contribution in [2.75, 3.05) is 39.0 Å². The molecule has 0 aromatic carbocycles. The molecule has 3 fully saturated rings. The SMILES string of the molecule is CC(C)n1nc(-c2cnc(N)c(OC(F)(F)F)c2)cc1[C@H]1[C@@H]2C[C@@H](N3CCCN(C)CC3)C[C@@H]21. The van der Waals surface area contributed by atoms with Gasteiger partial charge in [-0.05, 0) is 77.2 Å². The van der Waals surface area contributed by atoms with Crippen LogP contribution < -0.4 is 10.5 Å². The maximum Gasteiger partial charge on any atom is 0.573 e. The Morgan fingerprint density at radius 1 is 1.09 bits per heavy atom. The number of hydrogen-bond acceptors (Lipinski definition) is 6. The van der Waals surface area contributed by atoms with Crippen LogP contribution in [0.1, 0.15) is 50.8 Å². The van der Waals surface area contributed by atoms with Crippen LogP contribution in [-0.2, 0) is 0 Å². The highest BCUT2D eigenvalue weighted by Crippen LogP contribution is 2.64. The molecule has 0 amide bonds. The molecule has 2 aromatic rings. The van der Waals surface area contributed by atoms with E-state index in [0.717, 1.165) is 13.1 Å². The van der Waals surface area contributed by atoms with Gasteiger partial charge in [-0.2, -0.15) is 5.10 Å². The van der Waals surface area contributed by atoms with Gasteiger partial charge in [-0.3, -0.25) is 9.58 Å². The highest BCUT2D eigenvalue weighted by Gasteiger charge is 2.58. The third-order valence-corrected chi connectivity index (χ3v) is 7.69. The van der Waals surface area contributed by atoms with Gasteiger partial charge in [-0.15, -0.1) is 13.2 Å². The van der Waals surface area contributed by atoms with Crippen LogP contribution in [0.25, 0.3) is 11.3 Å². The molecule has 7 nitrogen and oxygen atoms in total. The van der Waals surface area contributed by atoms with Crippen molar-refractivity contribution in [3.8, 4) is 17.0 Å². The van der Waals surface area contributed by atoms with Gasteiger partial charge in [-0.1, -0.05) is 0 Å². The smallest absolute Gasteiger partial charge is 0.402 e. The number of likely N-dealkylation sites (N-methyl/N-ethyl adjacent to an activating group) is 1. The monoisotopic (exact) mass is 478 g/mol. The van der Waals surface area contributed by atoms with Gasteiger partial charge < -0.3 is 15.4 Å². The van der Waals surface area contributed by atoms with Crippen molar-refractivity contribution in [3.63, 3.8) is 0 Å². The summed E-state index contributed by atoms with van der Waals surface area (Å²) < 4.78 is 44.3. The number of nitrogen functional groups attached to an aromatic ring is 1. The maximum absolute atomic E-state index is 12.8. The van der Waals surface area contributed by atoms with E-state index in [9.17, 15) is 13.2 Å². The molecule has 3 heterocycles. The lowest BCUT2D eigenvalue weighted by Gasteiger charge is -2.29. The second kappa shape index (κ2) is 8.71. The molecule has 5 rings (SSSR count). The van der Waals surface area contributed by atoms with Crippen LogP contribution in [0.2, 0.25) is 0 Å². The summed E-state index contributed by atoms with van der Waals surface area (Å²) in [6, 6.07) is 4.10. The number of alkyl halides is 3. The van der Waals surface area contributed by atoms with Gasteiger partial charge in [0.2, 0.25) is 0 Å². The fourth-order valence-electron chi connectivity index (χ4n) is 5.99. The highest BCUT2D eigenvalue weighted by molar-refractivity contribution is 5.64. The second-order valence-corrected chi connectivity index (χ2v) is 10.3. The van der Waals surface area contributed by atoms with E-state index in [1.165, 1.54) is 50.3 Å². The van der Waals surface area contributed by atoms with Crippen LogP contribution in [0.15, 0.2) is 18.3 Å². The minimum Gasteiger partial charge on any atom is -0.402 e. The molecular formula is C24H33F3N6O. The Hall–Kier alpha value is -2.33. The zero-order valence-electron chi connectivity index (χ0n) is 19.9. The topological polar surface area (TPSA) is 72.4 Å². The molecule has 0 spiro atoms. The third kappa shape index (κ3) is 4.62. The Bertz CT molecular complexity index is 1030. The van der Waals surface area contributed by atoms with E-state index in [2.05, 4.69) is 40.4 Å². The molecule has 2 aliphatic carbocycles.